The molecule has 0 amide bonds. The van der Waals surface area contributed by atoms with Gasteiger partial charge in [0, 0.05) is 20.1 Å². The van der Waals surface area contributed by atoms with Crippen LogP contribution in [0.2, 0.25) is 0 Å². The molecule has 0 saturated heterocycles. The number of aromatic nitrogens is 4. The van der Waals surface area contributed by atoms with Crippen molar-refractivity contribution in [2.75, 3.05) is 26.8 Å². The standard InChI is InChI=1S/C13H19N5O/c1-19-11-10-14-9-5-8-13-15-16-17-18(13)12-6-3-2-4-7-12/h2-4,6-7,14H,5,8-11H2,1H3. The number of hydrogen-bond donors (Lipinski definition) is 1. The Morgan fingerprint density at radius 3 is 2.84 bits per heavy atom. The van der Waals surface area contributed by atoms with Crippen molar-refractivity contribution in [3.8, 4) is 5.69 Å². The van der Waals surface area contributed by atoms with Crippen molar-refractivity contribution in [2.24, 2.45) is 0 Å². The molecule has 1 aromatic carbocycles. The first kappa shape index (κ1) is 13.6. The highest BCUT2D eigenvalue weighted by molar-refractivity contribution is 5.30. The first-order valence-corrected chi connectivity index (χ1v) is 6.44. The van der Waals surface area contributed by atoms with E-state index < -0.39 is 0 Å². The second-order valence-corrected chi connectivity index (χ2v) is 4.19. The molecule has 0 radical (unpaired) electrons. The predicted molar refractivity (Wildman–Crippen MR) is 72.2 cm³/mol. The number of methoxy groups -OCH3 is 1. The van der Waals surface area contributed by atoms with E-state index in [0.29, 0.717) is 0 Å². The molecular weight excluding hydrogens is 242 g/mol. The van der Waals surface area contributed by atoms with E-state index in [9.17, 15) is 0 Å². The minimum atomic E-state index is 0.738. The van der Waals surface area contributed by atoms with Gasteiger partial charge < -0.3 is 10.1 Å². The van der Waals surface area contributed by atoms with Gasteiger partial charge in [0.1, 0.15) is 0 Å². The lowest BCUT2D eigenvalue weighted by atomic mass is 10.2. The van der Waals surface area contributed by atoms with Crippen LogP contribution in [0.25, 0.3) is 5.69 Å². The predicted octanol–water partition coefficient (Wildman–Crippen LogP) is 0.831. The van der Waals surface area contributed by atoms with Crippen molar-refractivity contribution in [1.82, 2.24) is 25.5 Å². The number of hydrogen-bond acceptors (Lipinski definition) is 5. The van der Waals surface area contributed by atoms with Gasteiger partial charge in [0.15, 0.2) is 5.82 Å². The van der Waals surface area contributed by atoms with Crippen LogP contribution in [0.5, 0.6) is 0 Å². The van der Waals surface area contributed by atoms with E-state index in [2.05, 4.69) is 20.8 Å². The van der Waals surface area contributed by atoms with E-state index in [4.69, 9.17) is 4.74 Å². The first-order valence-electron chi connectivity index (χ1n) is 6.44. The van der Waals surface area contributed by atoms with Crippen LogP contribution >= 0.6 is 0 Å². The molecule has 1 N–H and O–H groups in total. The Labute approximate surface area is 112 Å². The number of nitrogens with one attached hydrogen (secondary N) is 1. The minimum Gasteiger partial charge on any atom is -0.383 e. The third-order valence-corrected chi connectivity index (χ3v) is 2.77. The SMILES string of the molecule is COCCNCCCc1nnnn1-c1ccccc1. The number of para-hydroxylation sites is 1. The molecule has 0 atom stereocenters. The maximum absolute atomic E-state index is 4.97. The topological polar surface area (TPSA) is 64.9 Å². The normalized spacial score (nSPS) is 10.8. The van der Waals surface area contributed by atoms with Crippen molar-refractivity contribution >= 4 is 0 Å². The Bertz CT molecular complexity index is 471. The molecule has 0 fully saturated rings. The average molecular weight is 261 g/mol. The fraction of sp³-hybridized carbons (Fsp3) is 0.462. The maximum Gasteiger partial charge on any atom is 0.156 e. The summed E-state index contributed by atoms with van der Waals surface area (Å²) in [7, 11) is 1.70. The van der Waals surface area contributed by atoms with Crippen LogP contribution in [0.3, 0.4) is 0 Å². The van der Waals surface area contributed by atoms with Crippen LogP contribution < -0.4 is 5.32 Å². The van der Waals surface area contributed by atoms with Gasteiger partial charge in [-0.3, -0.25) is 0 Å². The largest absolute Gasteiger partial charge is 0.383 e. The molecule has 2 aromatic rings. The number of tetrazole rings is 1. The van der Waals surface area contributed by atoms with Crippen molar-refractivity contribution < 1.29 is 4.74 Å². The minimum absolute atomic E-state index is 0.738. The van der Waals surface area contributed by atoms with Crippen LogP contribution in [0.1, 0.15) is 12.2 Å². The zero-order valence-corrected chi connectivity index (χ0v) is 11.1. The molecule has 0 bridgehead atoms. The van der Waals surface area contributed by atoms with Gasteiger partial charge in [-0.25, -0.2) is 0 Å². The van der Waals surface area contributed by atoms with Gasteiger partial charge >= 0.3 is 0 Å². The molecule has 19 heavy (non-hydrogen) atoms. The van der Waals surface area contributed by atoms with Gasteiger partial charge in [0.2, 0.25) is 0 Å². The Morgan fingerprint density at radius 2 is 2.05 bits per heavy atom. The summed E-state index contributed by atoms with van der Waals surface area (Å²) in [5, 5.41) is 15.2. The molecule has 0 aliphatic rings. The molecule has 0 aliphatic carbocycles. The molecule has 1 aromatic heterocycles. The Kier molecular flexibility index (Phi) is 5.46. The highest BCUT2D eigenvalue weighted by atomic mass is 16.5. The molecule has 0 saturated carbocycles. The first-order chi connectivity index (χ1) is 9.42. The molecule has 2 rings (SSSR count). The molecule has 0 unspecified atom stereocenters. The van der Waals surface area contributed by atoms with E-state index in [0.717, 1.165) is 44.0 Å². The van der Waals surface area contributed by atoms with Crippen LogP contribution in [0.15, 0.2) is 30.3 Å². The lowest BCUT2D eigenvalue weighted by Gasteiger charge is -2.05. The summed E-state index contributed by atoms with van der Waals surface area (Å²) < 4.78 is 6.76. The second kappa shape index (κ2) is 7.60. The van der Waals surface area contributed by atoms with Crippen molar-refractivity contribution in [1.29, 1.82) is 0 Å². The summed E-state index contributed by atoms with van der Waals surface area (Å²) in [6.07, 6.45) is 1.85. The van der Waals surface area contributed by atoms with Gasteiger partial charge in [-0.15, -0.1) is 5.10 Å². The number of aryl methyl sites for hydroxylation is 1. The number of benzene rings is 1. The molecule has 0 spiro atoms. The van der Waals surface area contributed by atoms with Crippen LogP contribution in [0, 0.1) is 0 Å². The molecular formula is C13H19N5O. The number of nitrogens with zero attached hydrogens (tertiary/aromatic N) is 4. The Balaban J connectivity index is 1.83. The third kappa shape index (κ3) is 4.11. The highest BCUT2D eigenvalue weighted by Crippen LogP contribution is 2.07. The van der Waals surface area contributed by atoms with Gasteiger partial charge in [-0.1, -0.05) is 18.2 Å². The molecule has 6 nitrogen and oxygen atoms in total. The van der Waals surface area contributed by atoms with Crippen LogP contribution in [0.4, 0.5) is 0 Å². The summed E-state index contributed by atoms with van der Waals surface area (Å²) in [4.78, 5) is 0. The highest BCUT2D eigenvalue weighted by Gasteiger charge is 2.06. The summed E-state index contributed by atoms with van der Waals surface area (Å²) in [5.41, 5.74) is 0.995. The summed E-state index contributed by atoms with van der Waals surface area (Å²) >= 11 is 0. The van der Waals surface area contributed by atoms with E-state index >= 15 is 0 Å². The van der Waals surface area contributed by atoms with Crippen LogP contribution in [-0.2, 0) is 11.2 Å². The van der Waals surface area contributed by atoms with Gasteiger partial charge in [-0.2, -0.15) is 4.68 Å². The Hall–Kier alpha value is -1.79. The quantitative estimate of drug-likeness (QED) is 0.713. The van der Waals surface area contributed by atoms with Gasteiger partial charge in [0.05, 0.1) is 12.3 Å². The maximum atomic E-state index is 4.97. The fourth-order valence-electron chi connectivity index (χ4n) is 1.80. The summed E-state index contributed by atoms with van der Waals surface area (Å²) in [5.74, 6) is 0.889. The van der Waals surface area contributed by atoms with Crippen molar-refractivity contribution in [3.05, 3.63) is 36.2 Å². The zero-order valence-electron chi connectivity index (χ0n) is 11.1. The van der Waals surface area contributed by atoms with Gasteiger partial charge in [0.25, 0.3) is 0 Å². The lowest BCUT2D eigenvalue weighted by molar-refractivity contribution is 0.199. The second-order valence-electron chi connectivity index (χ2n) is 4.19. The summed E-state index contributed by atoms with van der Waals surface area (Å²) in [6.45, 7) is 2.55. The summed E-state index contributed by atoms with van der Waals surface area (Å²) in [6, 6.07) is 9.93. The Morgan fingerprint density at radius 1 is 1.21 bits per heavy atom. The van der Waals surface area contributed by atoms with Gasteiger partial charge in [-0.05, 0) is 35.5 Å². The van der Waals surface area contributed by atoms with E-state index in [1.807, 2.05) is 30.3 Å². The fourth-order valence-corrected chi connectivity index (χ4v) is 1.80. The lowest BCUT2D eigenvalue weighted by Crippen LogP contribution is -2.21. The smallest absolute Gasteiger partial charge is 0.156 e. The molecule has 1 heterocycles. The van der Waals surface area contributed by atoms with E-state index in [1.54, 1.807) is 11.8 Å². The van der Waals surface area contributed by atoms with Crippen molar-refractivity contribution in [3.63, 3.8) is 0 Å². The van der Waals surface area contributed by atoms with E-state index in [1.165, 1.54) is 0 Å². The molecule has 102 valence electrons. The van der Waals surface area contributed by atoms with E-state index in [-0.39, 0.29) is 0 Å². The third-order valence-electron chi connectivity index (χ3n) is 2.77. The molecule has 0 aliphatic heterocycles. The monoisotopic (exact) mass is 261 g/mol. The van der Waals surface area contributed by atoms with Crippen LogP contribution in [-0.4, -0.2) is 47.0 Å². The molecule has 6 heteroatoms. The average Bonchev–Trinajstić information content (AvgIpc) is 2.92. The van der Waals surface area contributed by atoms with Crippen molar-refractivity contribution in [2.45, 2.75) is 12.8 Å². The number of ether oxygens (including phenoxy) is 1. The zero-order chi connectivity index (χ0) is 13.3. The number of rotatable bonds is 8.